The number of halogens is 1. The molecule has 1 aromatic rings. The van der Waals surface area contributed by atoms with Crippen LogP contribution in [-0.2, 0) is 6.42 Å². The SMILES string of the molecule is CCCc1nc(Br)cc(NC2CCN(C)C2)n1. The molecule has 1 atom stereocenters. The Labute approximate surface area is 111 Å². The second-order valence-corrected chi connectivity index (χ2v) is 5.45. The summed E-state index contributed by atoms with van der Waals surface area (Å²) in [5.41, 5.74) is 0. The predicted molar refractivity (Wildman–Crippen MR) is 73.3 cm³/mol. The third-order valence-electron chi connectivity index (χ3n) is 2.96. The average molecular weight is 299 g/mol. The van der Waals surface area contributed by atoms with Crippen LogP contribution in [0.15, 0.2) is 10.7 Å². The van der Waals surface area contributed by atoms with Crippen LogP contribution in [0.3, 0.4) is 0 Å². The second kappa shape index (κ2) is 5.78. The van der Waals surface area contributed by atoms with Crippen LogP contribution in [0.2, 0.25) is 0 Å². The Bertz CT molecular complexity index is 383. The van der Waals surface area contributed by atoms with E-state index < -0.39 is 0 Å². The average Bonchev–Trinajstić information content (AvgIpc) is 2.63. The van der Waals surface area contributed by atoms with Gasteiger partial charge < -0.3 is 10.2 Å². The molecule has 0 saturated carbocycles. The lowest BCUT2D eigenvalue weighted by Gasteiger charge is -2.14. The highest BCUT2D eigenvalue weighted by molar-refractivity contribution is 9.10. The molecule has 5 heteroatoms. The first-order valence-electron chi connectivity index (χ1n) is 6.16. The van der Waals surface area contributed by atoms with Crippen LogP contribution < -0.4 is 5.32 Å². The third kappa shape index (κ3) is 3.64. The second-order valence-electron chi connectivity index (χ2n) is 4.63. The number of anilines is 1. The van der Waals surface area contributed by atoms with E-state index in [0.717, 1.165) is 42.2 Å². The van der Waals surface area contributed by atoms with Crippen molar-refractivity contribution in [3.05, 3.63) is 16.5 Å². The summed E-state index contributed by atoms with van der Waals surface area (Å²) in [6.45, 7) is 4.39. The van der Waals surface area contributed by atoms with Crippen molar-refractivity contribution in [3.63, 3.8) is 0 Å². The molecule has 1 N–H and O–H groups in total. The van der Waals surface area contributed by atoms with Gasteiger partial charge in [-0.15, -0.1) is 0 Å². The number of hydrogen-bond donors (Lipinski definition) is 1. The molecule has 1 aromatic heterocycles. The lowest BCUT2D eigenvalue weighted by molar-refractivity contribution is 0.414. The van der Waals surface area contributed by atoms with E-state index in [-0.39, 0.29) is 0 Å². The topological polar surface area (TPSA) is 41.1 Å². The summed E-state index contributed by atoms with van der Waals surface area (Å²) in [5.74, 6) is 1.85. The Morgan fingerprint density at radius 1 is 1.53 bits per heavy atom. The van der Waals surface area contributed by atoms with Crippen molar-refractivity contribution in [2.75, 3.05) is 25.5 Å². The van der Waals surface area contributed by atoms with Crippen molar-refractivity contribution in [2.24, 2.45) is 0 Å². The van der Waals surface area contributed by atoms with E-state index in [2.05, 4.69) is 50.1 Å². The number of likely N-dealkylation sites (tertiary alicyclic amines) is 1. The first kappa shape index (κ1) is 12.8. The Balaban J connectivity index is 2.04. The molecule has 1 unspecified atom stereocenters. The van der Waals surface area contributed by atoms with Gasteiger partial charge in [0, 0.05) is 25.1 Å². The first-order valence-corrected chi connectivity index (χ1v) is 6.95. The van der Waals surface area contributed by atoms with E-state index in [1.807, 2.05) is 6.07 Å². The molecule has 2 rings (SSSR count). The Morgan fingerprint density at radius 3 is 3.00 bits per heavy atom. The Hall–Kier alpha value is -0.680. The van der Waals surface area contributed by atoms with Crippen LogP contribution in [0, 0.1) is 0 Å². The number of likely N-dealkylation sites (N-methyl/N-ethyl adjacent to an activating group) is 1. The van der Waals surface area contributed by atoms with Crippen molar-refractivity contribution in [1.82, 2.24) is 14.9 Å². The molecular weight excluding hydrogens is 280 g/mol. The van der Waals surface area contributed by atoms with Gasteiger partial charge in [-0.2, -0.15) is 0 Å². The van der Waals surface area contributed by atoms with Gasteiger partial charge in [-0.1, -0.05) is 6.92 Å². The molecule has 0 amide bonds. The van der Waals surface area contributed by atoms with Gasteiger partial charge in [0.05, 0.1) is 0 Å². The zero-order valence-corrected chi connectivity index (χ0v) is 12.0. The van der Waals surface area contributed by atoms with E-state index in [1.54, 1.807) is 0 Å². The zero-order chi connectivity index (χ0) is 12.3. The number of aryl methyl sites for hydroxylation is 1. The maximum absolute atomic E-state index is 4.54. The highest BCUT2D eigenvalue weighted by atomic mass is 79.9. The van der Waals surface area contributed by atoms with Gasteiger partial charge in [0.15, 0.2) is 0 Å². The van der Waals surface area contributed by atoms with Crippen LogP contribution >= 0.6 is 15.9 Å². The number of nitrogens with one attached hydrogen (secondary N) is 1. The number of nitrogens with zero attached hydrogens (tertiary/aromatic N) is 3. The molecule has 0 aliphatic carbocycles. The molecule has 17 heavy (non-hydrogen) atoms. The zero-order valence-electron chi connectivity index (χ0n) is 10.4. The molecule has 0 radical (unpaired) electrons. The monoisotopic (exact) mass is 298 g/mol. The third-order valence-corrected chi connectivity index (χ3v) is 3.36. The molecule has 1 fully saturated rings. The summed E-state index contributed by atoms with van der Waals surface area (Å²) in [4.78, 5) is 11.2. The van der Waals surface area contributed by atoms with Gasteiger partial charge in [-0.3, -0.25) is 0 Å². The quantitative estimate of drug-likeness (QED) is 0.866. The summed E-state index contributed by atoms with van der Waals surface area (Å²) in [5, 5.41) is 3.49. The highest BCUT2D eigenvalue weighted by Crippen LogP contribution is 2.17. The maximum Gasteiger partial charge on any atom is 0.132 e. The first-order chi connectivity index (χ1) is 8.17. The van der Waals surface area contributed by atoms with Gasteiger partial charge in [-0.25, -0.2) is 9.97 Å². The fraction of sp³-hybridized carbons (Fsp3) is 0.667. The van der Waals surface area contributed by atoms with Gasteiger partial charge in [0.2, 0.25) is 0 Å². The van der Waals surface area contributed by atoms with Gasteiger partial charge in [0.25, 0.3) is 0 Å². The molecule has 94 valence electrons. The Kier molecular flexibility index (Phi) is 4.34. The lowest BCUT2D eigenvalue weighted by Crippen LogP contribution is -2.24. The van der Waals surface area contributed by atoms with Crippen molar-refractivity contribution >= 4 is 21.7 Å². The molecule has 0 aromatic carbocycles. The molecule has 0 spiro atoms. The normalized spacial score (nSPS) is 20.8. The molecule has 1 aliphatic rings. The lowest BCUT2D eigenvalue weighted by atomic mass is 10.2. The minimum Gasteiger partial charge on any atom is -0.366 e. The van der Waals surface area contributed by atoms with Crippen molar-refractivity contribution in [3.8, 4) is 0 Å². The molecule has 4 nitrogen and oxygen atoms in total. The van der Waals surface area contributed by atoms with E-state index in [4.69, 9.17) is 0 Å². The Morgan fingerprint density at radius 2 is 2.35 bits per heavy atom. The summed E-state index contributed by atoms with van der Waals surface area (Å²) in [6, 6.07) is 2.47. The number of hydrogen-bond acceptors (Lipinski definition) is 4. The summed E-state index contributed by atoms with van der Waals surface area (Å²) in [7, 11) is 2.15. The summed E-state index contributed by atoms with van der Waals surface area (Å²) < 4.78 is 0.866. The van der Waals surface area contributed by atoms with Crippen molar-refractivity contribution < 1.29 is 0 Å². The number of rotatable bonds is 4. The van der Waals surface area contributed by atoms with E-state index in [1.165, 1.54) is 6.42 Å². The largest absolute Gasteiger partial charge is 0.366 e. The van der Waals surface area contributed by atoms with Crippen LogP contribution in [-0.4, -0.2) is 41.0 Å². The standard InChI is InChI=1S/C12H19BrN4/c1-3-4-11-15-10(13)7-12(16-11)14-9-5-6-17(2)8-9/h7,9H,3-6,8H2,1-2H3,(H,14,15,16). The molecule has 1 aliphatic heterocycles. The van der Waals surface area contributed by atoms with E-state index in [9.17, 15) is 0 Å². The smallest absolute Gasteiger partial charge is 0.132 e. The van der Waals surface area contributed by atoms with Crippen LogP contribution in [0.1, 0.15) is 25.6 Å². The fourth-order valence-electron chi connectivity index (χ4n) is 2.14. The molecule has 1 saturated heterocycles. The van der Waals surface area contributed by atoms with Crippen molar-refractivity contribution in [1.29, 1.82) is 0 Å². The maximum atomic E-state index is 4.54. The van der Waals surface area contributed by atoms with Gasteiger partial charge >= 0.3 is 0 Å². The summed E-state index contributed by atoms with van der Waals surface area (Å²) in [6.07, 6.45) is 3.18. The van der Waals surface area contributed by atoms with Gasteiger partial charge in [0.1, 0.15) is 16.2 Å². The van der Waals surface area contributed by atoms with Crippen LogP contribution in [0.25, 0.3) is 0 Å². The molecular formula is C12H19BrN4. The summed E-state index contributed by atoms with van der Waals surface area (Å²) >= 11 is 3.44. The van der Waals surface area contributed by atoms with Crippen LogP contribution in [0.5, 0.6) is 0 Å². The minimum absolute atomic E-state index is 0.510. The highest BCUT2D eigenvalue weighted by Gasteiger charge is 2.19. The van der Waals surface area contributed by atoms with Gasteiger partial charge in [-0.05, 0) is 42.4 Å². The molecule has 0 bridgehead atoms. The van der Waals surface area contributed by atoms with E-state index >= 15 is 0 Å². The predicted octanol–water partition coefficient (Wildman–Crippen LogP) is 2.31. The minimum atomic E-state index is 0.510. The molecule has 2 heterocycles. The van der Waals surface area contributed by atoms with Crippen LogP contribution in [0.4, 0.5) is 5.82 Å². The van der Waals surface area contributed by atoms with Crippen molar-refractivity contribution in [2.45, 2.75) is 32.2 Å². The fourth-order valence-corrected chi connectivity index (χ4v) is 2.56. The number of aromatic nitrogens is 2. The van der Waals surface area contributed by atoms with E-state index in [0.29, 0.717) is 6.04 Å².